The van der Waals surface area contributed by atoms with E-state index in [1.54, 1.807) is 18.3 Å². The lowest BCUT2D eigenvalue weighted by atomic mass is 10.0. The number of rotatable bonds is 3. The molecule has 1 fully saturated rings. The largest absolute Gasteiger partial charge is 0.316 e. The highest BCUT2D eigenvalue weighted by Gasteiger charge is 2.23. The molecule has 94 valence electrons. The Hall–Kier alpha value is -0.940. The Bertz CT molecular complexity index is 462. The van der Waals surface area contributed by atoms with Crippen LogP contribution < -0.4 is 5.32 Å². The molecule has 1 aliphatic heterocycles. The number of nitrogens with one attached hydrogen (secondary N) is 1. The fourth-order valence-electron chi connectivity index (χ4n) is 2.10. The molecule has 1 atom stereocenters. The van der Waals surface area contributed by atoms with E-state index in [-0.39, 0.29) is 16.7 Å². The SMILES string of the molecule is Cc1ccc(S(=O)(=O)CC2CCCNC2)nc1. The van der Waals surface area contributed by atoms with Gasteiger partial charge in [0.15, 0.2) is 14.9 Å². The molecule has 0 aromatic carbocycles. The summed E-state index contributed by atoms with van der Waals surface area (Å²) in [5.41, 5.74) is 0.975. The number of aryl methyl sites for hydroxylation is 1. The standard InChI is InChI=1S/C12H18N2O2S/c1-10-4-5-12(14-7-10)17(15,16)9-11-3-2-6-13-8-11/h4-5,7,11,13H,2-3,6,8-9H2,1H3. The molecule has 1 aromatic rings. The molecule has 1 aromatic heterocycles. The Kier molecular flexibility index (Phi) is 3.79. The molecule has 2 heterocycles. The van der Waals surface area contributed by atoms with Crippen molar-refractivity contribution in [2.75, 3.05) is 18.8 Å². The van der Waals surface area contributed by atoms with Gasteiger partial charge in [-0.2, -0.15) is 0 Å². The molecular formula is C12H18N2O2S. The van der Waals surface area contributed by atoms with Crippen LogP contribution in [0.5, 0.6) is 0 Å². The zero-order chi connectivity index (χ0) is 12.3. The van der Waals surface area contributed by atoms with Crippen molar-refractivity contribution in [3.05, 3.63) is 23.9 Å². The lowest BCUT2D eigenvalue weighted by Crippen LogP contribution is -2.33. The van der Waals surface area contributed by atoms with E-state index >= 15 is 0 Å². The molecule has 5 heteroatoms. The van der Waals surface area contributed by atoms with Crippen molar-refractivity contribution >= 4 is 9.84 Å². The Morgan fingerprint density at radius 1 is 1.47 bits per heavy atom. The van der Waals surface area contributed by atoms with Gasteiger partial charge in [0.2, 0.25) is 0 Å². The molecule has 0 bridgehead atoms. The smallest absolute Gasteiger partial charge is 0.195 e. The van der Waals surface area contributed by atoms with Crippen LogP contribution in [0.1, 0.15) is 18.4 Å². The van der Waals surface area contributed by atoms with Gasteiger partial charge in [0, 0.05) is 6.20 Å². The molecule has 1 unspecified atom stereocenters. The quantitative estimate of drug-likeness (QED) is 0.879. The summed E-state index contributed by atoms with van der Waals surface area (Å²) in [7, 11) is -3.23. The highest BCUT2D eigenvalue weighted by Crippen LogP contribution is 2.17. The normalized spacial score (nSPS) is 21.4. The fraction of sp³-hybridized carbons (Fsp3) is 0.583. The fourth-order valence-corrected chi connectivity index (χ4v) is 3.66. The first-order valence-electron chi connectivity index (χ1n) is 5.94. The van der Waals surface area contributed by atoms with E-state index in [9.17, 15) is 8.42 Å². The summed E-state index contributed by atoms with van der Waals surface area (Å²) in [5, 5.41) is 3.44. The first-order chi connectivity index (χ1) is 8.08. The van der Waals surface area contributed by atoms with Crippen molar-refractivity contribution < 1.29 is 8.42 Å². The second kappa shape index (κ2) is 5.14. The van der Waals surface area contributed by atoms with Gasteiger partial charge in [-0.25, -0.2) is 13.4 Å². The average Bonchev–Trinajstić information content (AvgIpc) is 2.30. The van der Waals surface area contributed by atoms with E-state index < -0.39 is 9.84 Å². The van der Waals surface area contributed by atoms with Gasteiger partial charge in [0.1, 0.15) is 0 Å². The van der Waals surface area contributed by atoms with Crippen LogP contribution in [-0.2, 0) is 9.84 Å². The summed E-state index contributed by atoms with van der Waals surface area (Å²) in [6, 6.07) is 3.39. The molecule has 0 aliphatic carbocycles. The van der Waals surface area contributed by atoms with E-state index in [1.807, 2.05) is 6.92 Å². The van der Waals surface area contributed by atoms with E-state index in [4.69, 9.17) is 0 Å². The van der Waals surface area contributed by atoms with Crippen molar-refractivity contribution in [3.8, 4) is 0 Å². The van der Waals surface area contributed by atoms with E-state index in [0.29, 0.717) is 0 Å². The zero-order valence-electron chi connectivity index (χ0n) is 10.0. The van der Waals surface area contributed by atoms with Gasteiger partial charge in [0.25, 0.3) is 0 Å². The Morgan fingerprint density at radius 3 is 2.88 bits per heavy atom. The maximum Gasteiger partial charge on any atom is 0.195 e. The number of aromatic nitrogens is 1. The van der Waals surface area contributed by atoms with Crippen molar-refractivity contribution in [2.45, 2.75) is 24.8 Å². The molecular weight excluding hydrogens is 236 g/mol. The molecule has 0 saturated carbocycles. The third-order valence-corrected chi connectivity index (χ3v) is 4.85. The van der Waals surface area contributed by atoms with Crippen molar-refractivity contribution in [2.24, 2.45) is 5.92 Å². The van der Waals surface area contributed by atoms with Gasteiger partial charge in [-0.1, -0.05) is 6.07 Å². The Morgan fingerprint density at radius 2 is 2.29 bits per heavy atom. The monoisotopic (exact) mass is 254 g/mol. The summed E-state index contributed by atoms with van der Waals surface area (Å²) >= 11 is 0. The van der Waals surface area contributed by atoms with Crippen LogP contribution in [0.15, 0.2) is 23.4 Å². The van der Waals surface area contributed by atoms with Crippen LogP contribution in [0.3, 0.4) is 0 Å². The topological polar surface area (TPSA) is 59.1 Å². The summed E-state index contributed by atoms with van der Waals surface area (Å²) in [5.74, 6) is 0.424. The third-order valence-electron chi connectivity index (χ3n) is 3.06. The molecule has 4 nitrogen and oxygen atoms in total. The van der Waals surface area contributed by atoms with Gasteiger partial charge in [0.05, 0.1) is 5.75 Å². The summed E-state index contributed by atoms with van der Waals surface area (Å²) in [6.07, 6.45) is 3.64. The molecule has 2 rings (SSSR count). The van der Waals surface area contributed by atoms with Crippen molar-refractivity contribution in [1.82, 2.24) is 10.3 Å². The number of piperidine rings is 1. The van der Waals surface area contributed by atoms with Crippen LogP contribution in [0.4, 0.5) is 0 Å². The highest BCUT2D eigenvalue weighted by molar-refractivity contribution is 7.91. The summed E-state index contributed by atoms with van der Waals surface area (Å²) in [4.78, 5) is 4.01. The highest BCUT2D eigenvalue weighted by atomic mass is 32.2. The molecule has 0 spiro atoms. The van der Waals surface area contributed by atoms with Crippen LogP contribution in [0, 0.1) is 12.8 Å². The molecule has 0 radical (unpaired) electrons. The Labute approximate surface area is 102 Å². The lowest BCUT2D eigenvalue weighted by Gasteiger charge is -2.22. The van der Waals surface area contributed by atoms with Crippen molar-refractivity contribution in [1.29, 1.82) is 0 Å². The second-order valence-electron chi connectivity index (χ2n) is 4.67. The van der Waals surface area contributed by atoms with Crippen LogP contribution in [0.2, 0.25) is 0 Å². The summed E-state index contributed by atoms with van der Waals surface area (Å²) < 4.78 is 24.2. The van der Waals surface area contributed by atoms with Gasteiger partial charge in [-0.05, 0) is 50.4 Å². The summed E-state index contributed by atoms with van der Waals surface area (Å²) in [6.45, 7) is 3.69. The molecule has 17 heavy (non-hydrogen) atoms. The minimum Gasteiger partial charge on any atom is -0.316 e. The van der Waals surface area contributed by atoms with Crippen LogP contribution >= 0.6 is 0 Å². The van der Waals surface area contributed by atoms with Crippen LogP contribution in [-0.4, -0.2) is 32.2 Å². The van der Waals surface area contributed by atoms with E-state index in [2.05, 4.69) is 10.3 Å². The molecule has 1 saturated heterocycles. The van der Waals surface area contributed by atoms with E-state index in [0.717, 1.165) is 31.5 Å². The Balaban J connectivity index is 2.10. The van der Waals surface area contributed by atoms with Gasteiger partial charge >= 0.3 is 0 Å². The maximum absolute atomic E-state index is 12.1. The van der Waals surface area contributed by atoms with Gasteiger partial charge in [-0.3, -0.25) is 0 Å². The zero-order valence-corrected chi connectivity index (χ0v) is 10.8. The number of hydrogen-bond donors (Lipinski definition) is 1. The maximum atomic E-state index is 12.1. The third kappa shape index (κ3) is 3.26. The number of nitrogens with zero attached hydrogens (tertiary/aromatic N) is 1. The van der Waals surface area contributed by atoms with Gasteiger partial charge in [-0.15, -0.1) is 0 Å². The predicted molar refractivity (Wildman–Crippen MR) is 66.6 cm³/mol. The average molecular weight is 254 g/mol. The van der Waals surface area contributed by atoms with Crippen molar-refractivity contribution in [3.63, 3.8) is 0 Å². The van der Waals surface area contributed by atoms with E-state index in [1.165, 1.54) is 0 Å². The minimum absolute atomic E-state index is 0.202. The molecule has 0 amide bonds. The lowest BCUT2D eigenvalue weighted by molar-refractivity contribution is 0.403. The minimum atomic E-state index is -3.23. The number of hydrogen-bond acceptors (Lipinski definition) is 4. The second-order valence-corrected chi connectivity index (χ2v) is 6.65. The predicted octanol–water partition coefficient (Wildman–Crippen LogP) is 1.16. The molecule has 1 N–H and O–H groups in total. The first-order valence-corrected chi connectivity index (χ1v) is 7.59. The molecule has 1 aliphatic rings. The number of pyridine rings is 1. The van der Waals surface area contributed by atoms with Gasteiger partial charge < -0.3 is 5.32 Å². The first kappa shape index (κ1) is 12.5. The van der Waals surface area contributed by atoms with Crippen LogP contribution in [0.25, 0.3) is 0 Å². The number of sulfone groups is 1.